The third-order valence-corrected chi connectivity index (χ3v) is 4.85. The molecule has 0 aromatic heterocycles. The van der Waals surface area contributed by atoms with Crippen LogP contribution < -0.4 is 16.0 Å². The maximum atomic E-state index is 12.5. The second-order valence-electron chi connectivity index (χ2n) is 7.39. The number of nitrogens with zero attached hydrogens (tertiary/aromatic N) is 2. The van der Waals surface area contributed by atoms with Gasteiger partial charge in [-0.25, -0.2) is 4.99 Å². The third kappa shape index (κ3) is 5.18. The zero-order valence-corrected chi connectivity index (χ0v) is 17.8. The van der Waals surface area contributed by atoms with Crippen LogP contribution in [0.25, 0.3) is 5.70 Å². The molecule has 152 valence electrons. The van der Waals surface area contributed by atoms with E-state index < -0.39 is 5.91 Å². The zero-order chi connectivity index (χ0) is 21.7. The van der Waals surface area contributed by atoms with Gasteiger partial charge in [0, 0.05) is 43.5 Å². The highest BCUT2D eigenvalue weighted by Crippen LogP contribution is 2.21. The average Bonchev–Trinajstić information content (AvgIpc) is 2.96. The smallest absolute Gasteiger partial charge is 0.271 e. The Morgan fingerprint density at radius 2 is 1.87 bits per heavy atom. The van der Waals surface area contributed by atoms with Gasteiger partial charge in [-0.15, -0.1) is 0 Å². The monoisotopic (exact) mass is 398 g/mol. The molecule has 0 saturated carbocycles. The van der Waals surface area contributed by atoms with Crippen molar-refractivity contribution in [3.63, 3.8) is 0 Å². The Balaban J connectivity index is 1.78. The van der Waals surface area contributed by atoms with Crippen LogP contribution in [0.4, 0.5) is 11.4 Å². The van der Waals surface area contributed by atoms with Gasteiger partial charge in [-0.05, 0) is 67.3 Å². The Kier molecular flexibility index (Phi) is 6.38. The van der Waals surface area contributed by atoms with Gasteiger partial charge in [0.25, 0.3) is 5.91 Å². The Labute approximate surface area is 178 Å². The molecular weight excluding hydrogens is 372 g/mol. The molecule has 1 aliphatic rings. The summed E-state index contributed by atoms with van der Waals surface area (Å²) < 4.78 is 0. The number of carbonyl (C=O) groups is 1. The molecule has 5 nitrogen and oxygen atoms in total. The third-order valence-electron chi connectivity index (χ3n) is 4.85. The standard InChI is InChI=1S/C25H26N4O/c1-17-9-10-19(15-18(17)2)24-8-6-5-7-21(27-24)16-23(26)25(30)28-20-11-13-22(14-12-20)29(3)4/h8-16H,6,26H2,1-4H3,(H,28,30)/b23-16-. The first-order chi connectivity index (χ1) is 14.3. The summed E-state index contributed by atoms with van der Waals surface area (Å²) in [5.74, 6) is 5.63. The number of benzene rings is 2. The molecule has 0 spiro atoms. The van der Waals surface area contributed by atoms with E-state index in [1.54, 1.807) is 0 Å². The normalized spacial score (nSPS) is 13.4. The van der Waals surface area contributed by atoms with E-state index in [1.807, 2.05) is 55.4 Å². The van der Waals surface area contributed by atoms with Crippen molar-refractivity contribution >= 4 is 28.7 Å². The molecule has 2 aromatic rings. The Hall–Kier alpha value is -3.78. The molecule has 0 fully saturated rings. The largest absolute Gasteiger partial charge is 0.394 e. The van der Waals surface area contributed by atoms with Crippen molar-refractivity contribution in [2.24, 2.45) is 10.7 Å². The molecule has 1 aliphatic heterocycles. The number of amides is 1. The van der Waals surface area contributed by atoms with Crippen molar-refractivity contribution < 1.29 is 4.79 Å². The van der Waals surface area contributed by atoms with E-state index in [4.69, 9.17) is 5.73 Å². The van der Waals surface area contributed by atoms with E-state index in [-0.39, 0.29) is 5.70 Å². The lowest BCUT2D eigenvalue weighted by Crippen LogP contribution is -2.21. The fraction of sp³-hybridized carbons (Fsp3) is 0.200. The summed E-state index contributed by atoms with van der Waals surface area (Å²) in [6.45, 7) is 4.15. The van der Waals surface area contributed by atoms with E-state index in [0.717, 1.165) is 16.9 Å². The summed E-state index contributed by atoms with van der Waals surface area (Å²) in [7, 11) is 3.92. The van der Waals surface area contributed by atoms with E-state index in [0.29, 0.717) is 17.8 Å². The molecule has 1 amide bonds. The maximum absolute atomic E-state index is 12.5. The predicted octanol–water partition coefficient (Wildman–Crippen LogP) is 4.04. The molecule has 0 unspecified atom stereocenters. The summed E-state index contributed by atoms with van der Waals surface area (Å²) >= 11 is 0. The van der Waals surface area contributed by atoms with Gasteiger partial charge in [0.05, 0.1) is 5.70 Å². The van der Waals surface area contributed by atoms with Crippen LogP contribution in [0.2, 0.25) is 0 Å². The number of allylic oxidation sites excluding steroid dienone is 2. The number of nitrogens with two attached hydrogens (primary N) is 1. The molecule has 1 heterocycles. The Morgan fingerprint density at radius 3 is 2.53 bits per heavy atom. The summed E-state index contributed by atoms with van der Waals surface area (Å²) in [5, 5.41) is 2.80. The highest BCUT2D eigenvalue weighted by atomic mass is 16.2. The van der Waals surface area contributed by atoms with Gasteiger partial charge in [0.1, 0.15) is 11.4 Å². The van der Waals surface area contributed by atoms with E-state index >= 15 is 0 Å². The van der Waals surface area contributed by atoms with Gasteiger partial charge in [0.15, 0.2) is 0 Å². The van der Waals surface area contributed by atoms with Crippen molar-refractivity contribution in [2.45, 2.75) is 20.3 Å². The lowest BCUT2D eigenvalue weighted by molar-refractivity contribution is -0.112. The van der Waals surface area contributed by atoms with Crippen LogP contribution in [0.15, 0.2) is 65.3 Å². The predicted molar refractivity (Wildman–Crippen MR) is 125 cm³/mol. The second kappa shape index (κ2) is 9.15. The summed E-state index contributed by atoms with van der Waals surface area (Å²) in [6, 6.07) is 13.7. The van der Waals surface area contributed by atoms with Crippen molar-refractivity contribution in [3.05, 3.63) is 77.0 Å². The summed E-state index contributed by atoms with van der Waals surface area (Å²) in [6.07, 6.45) is 4.10. The first-order valence-corrected chi connectivity index (χ1v) is 9.75. The van der Waals surface area contributed by atoms with Crippen LogP contribution in [0.5, 0.6) is 0 Å². The quantitative estimate of drug-likeness (QED) is 0.590. The Bertz CT molecular complexity index is 1110. The molecule has 3 N–H and O–H groups in total. The van der Waals surface area contributed by atoms with Crippen molar-refractivity contribution in [1.82, 2.24) is 0 Å². The molecule has 0 saturated heterocycles. The summed E-state index contributed by atoms with van der Waals surface area (Å²) in [4.78, 5) is 19.1. The number of carbonyl (C=O) groups excluding carboxylic acids is 1. The van der Waals surface area contributed by atoms with Crippen molar-refractivity contribution in [3.8, 4) is 11.8 Å². The lowest BCUT2D eigenvalue weighted by atomic mass is 10.0. The van der Waals surface area contributed by atoms with Gasteiger partial charge >= 0.3 is 0 Å². The van der Waals surface area contributed by atoms with Crippen LogP contribution in [0.3, 0.4) is 0 Å². The number of aryl methyl sites for hydroxylation is 2. The van der Waals surface area contributed by atoms with E-state index in [1.165, 1.54) is 17.2 Å². The number of nitrogens with one attached hydrogen (secondary N) is 1. The summed E-state index contributed by atoms with van der Waals surface area (Å²) in [5.41, 5.74) is 12.5. The number of anilines is 2. The molecule has 5 heteroatoms. The van der Waals surface area contributed by atoms with Crippen LogP contribution in [-0.4, -0.2) is 25.7 Å². The maximum Gasteiger partial charge on any atom is 0.271 e. The SMILES string of the molecule is Cc1ccc(C2=CCC#CC(/C=C(\N)C(=O)Nc3ccc(N(C)C)cc3)=N2)cc1C. The fourth-order valence-corrected chi connectivity index (χ4v) is 2.90. The van der Waals surface area contributed by atoms with E-state index in [9.17, 15) is 4.79 Å². The molecule has 0 bridgehead atoms. The minimum atomic E-state index is -0.391. The number of hydrogen-bond donors (Lipinski definition) is 2. The van der Waals surface area contributed by atoms with Crippen LogP contribution in [0, 0.1) is 25.7 Å². The minimum Gasteiger partial charge on any atom is -0.394 e. The molecule has 2 aromatic carbocycles. The van der Waals surface area contributed by atoms with Gasteiger partial charge in [0.2, 0.25) is 0 Å². The van der Waals surface area contributed by atoms with Crippen LogP contribution >= 0.6 is 0 Å². The van der Waals surface area contributed by atoms with Crippen LogP contribution in [0.1, 0.15) is 23.1 Å². The fourth-order valence-electron chi connectivity index (χ4n) is 2.90. The number of hydrogen-bond acceptors (Lipinski definition) is 4. The molecule has 0 atom stereocenters. The first kappa shape index (κ1) is 20.9. The zero-order valence-electron chi connectivity index (χ0n) is 17.8. The van der Waals surface area contributed by atoms with Crippen molar-refractivity contribution in [2.75, 3.05) is 24.3 Å². The molecule has 30 heavy (non-hydrogen) atoms. The van der Waals surface area contributed by atoms with Gasteiger partial charge in [-0.3, -0.25) is 4.79 Å². The van der Waals surface area contributed by atoms with Crippen LogP contribution in [-0.2, 0) is 4.79 Å². The number of rotatable bonds is 5. The van der Waals surface area contributed by atoms with Gasteiger partial charge in [-0.2, -0.15) is 0 Å². The van der Waals surface area contributed by atoms with Gasteiger partial charge in [-0.1, -0.05) is 18.1 Å². The first-order valence-electron chi connectivity index (χ1n) is 9.75. The molecular formula is C25H26N4O. The molecule has 0 aliphatic carbocycles. The minimum absolute atomic E-state index is 0.0565. The second-order valence-corrected chi connectivity index (χ2v) is 7.39. The molecule has 0 radical (unpaired) electrons. The van der Waals surface area contributed by atoms with Crippen molar-refractivity contribution in [1.29, 1.82) is 0 Å². The highest BCUT2D eigenvalue weighted by molar-refractivity contribution is 6.16. The average molecular weight is 399 g/mol. The topological polar surface area (TPSA) is 70.7 Å². The van der Waals surface area contributed by atoms with E-state index in [2.05, 4.69) is 48.1 Å². The molecule has 3 rings (SSSR count). The number of aliphatic imine (C=N–C) groups is 1. The highest BCUT2D eigenvalue weighted by Gasteiger charge is 2.10. The Morgan fingerprint density at radius 1 is 1.13 bits per heavy atom. The van der Waals surface area contributed by atoms with Gasteiger partial charge < -0.3 is 16.0 Å². The lowest BCUT2D eigenvalue weighted by Gasteiger charge is -2.13.